The molecule has 0 unspecified atom stereocenters. The molecule has 8 heteroatoms. The van der Waals surface area contributed by atoms with Crippen LogP contribution in [0.1, 0.15) is 5.56 Å². The number of H-pyrrole nitrogens is 1. The molecule has 0 fully saturated rings. The van der Waals surface area contributed by atoms with Gasteiger partial charge in [-0.15, -0.1) is 0 Å². The SMILES string of the molecule is NC(=S)Oc1ccc2cc(-c3ccccc3C(F)(F)F)[nH]c(=O)c2c1. The summed E-state index contributed by atoms with van der Waals surface area (Å²) in [6, 6.07) is 11.0. The van der Waals surface area contributed by atoms with Gasteiger partial charge in [0.2, 0.25) is 0 Å². The number of aromatic amines is 1. The summed E-state index contributed by atoms with van der Waals surface area (Å²) in [5.74, 6) is 0.272. The van der Waals surface area contributed by atoms with Gasteiger partial charge in [-0.2, -0.15) is 13.2 Å². The van der Waals surface area contributed by atoms with E-state index in [1.165, 1.54) is 36.4 Å². The van der Waals surface area contributed by atoms with Gasteiger partial charge in [-0.05, 0) is 41.9 Å². The van der Waals surface area contributed by atoms with Crippen LogP contribution in [0.15, 0.2) is 53.3 Å². The van der Waals surface area contributed by atoms with Crippen LogP contribution in [0.4, 0.5) is 13.2 Å². The van der Waals surface area contributed by atoms with Crippen LogP contribution in [-0.2, 0) is 6.18 Å². The fraction of sp³-hybridized carbons (Fsp3) is 0.0588. The van der Waals surface area contributed by atoms with Crippen LogP contribution in [0.3, 0.4) is 0 Å². The number of nitrogens with two attached hydrogens (primary N) is 1. The lowest BCUT2D eigenvalue weighted by Gasteiger charge is -2.13. The Kier molecular flexibility index (Phi) is 4.22. The molecule has 3 rings (SSSR count). The highest BCUT2D eigenvalue weighted by Crippen LogP contribution is 2.36. The zero-order valence-corrected chi connectivity index (χ0v) is 13.4. The van der Waals surface area contributed by atoms with Gasteiger partial charge in [0.15, 0.2) is 0 Å². The number of alkyl halides is 3. The van der Waals surface area contributed by atoms with Crippen molar-refractivity contribution in [3.63, 3.8) is 0 Å². The molecule has 0 radical (unpaired) electrons. The molecule has 0 amide bonds. The van der Waals surface area contributed by atoms with E-state index in [2.05, 4.69) is 17.2 Å². The number of aromatic nitrogens is 1. The van der Waals surface area contributed by atoms with E-state index in [4.69, 9.17) is 10.5 Å². The standard InChI is InChI=1S/C17H11F3N2O2S/c18-17(19,20)13-4-2-1-3-11(13)14-7-9-5-6-10(24-16(21)25)8-12(9)15(23)22-14/h1-8H,(H2,21,25)(H,22,23). The second-order valence-electron chi connectivity index (χ2n) is 5.23. The third-order valence-corrected chi connectivity index (χ3v) is 3.64. The van der Waals surface area contributed by atoms with Gasteiger partial charge in [0.25, 0.3) is 10.7 Å². The van der Waals surface area contributed by atoms with Crippen molar-refractivity contribution in [2.75, 3.05) is 0 Å². The van der Waals surface area contributed by atoms with Gasteiger partial charge in [0, 0.05) is 11.3 Å². The molecule has 0 atom stereocenters. The number of ether oxygens (including phenoxy) is 1. The normalized spacial score (nSPS) is 11.5. The summed E-state index contributed by atoms with van der Waals surface area (Å²) in [5.41, 5.74) is 3.89. The smallest absolute Gasteiger partial charge is 0.417 e. The maximum absolute atomic E-state index is 13.2. The molecule has 0 bridgehead atoms. The van der Waals surface area contributed by atoms with E-state index in [-0.39, 0.29) is 27.6 Å². The molecule has 0 spiro atoms. The van der Waals surface area contributed by atoms with Gasteiger partial charge < -0.3 is 15.5 Å². The Hall–Kier alpha value is -2.87. The minimum Gasteiger partial charge on any atom is -0.432 e. The van der Waals surface area contributed by atoms with Gasteiger partial charge in [0.05, 0.1) is 10.9 Å². The molecule has 1 aromatic heterocycles. The van der Waals surface area contributed by atoms with Crippen LogP contribution in [0, 0.1) is 0 Å². The van der Waals surface area contributed by atoms with Gasteiger partial charge in [-0.25, -0.2) is 0 Å². The number of rotatable bonds is 2. The molecule has 3 aromatic rings. The van der Waals surface area contributed by atoms with E-state index in [1.807, 2.05) is 0 Å². The Labute approximate surface area is 145 Å². The molecule has 0 aliphatic carbocycles. The Morgan fingerprint density at radius 3 is 2.52 bits per heavy atom. The third kappa shape index (κ3) is 3.48. The van der Waals surface area contributed by atoms with Crippen LogP contribution in [-0.4, -0.2) is 10.2 Å². The molecule has 0 saturated carbocycles. The molecule has 2 aromatic carbocycles. The topological polar surface area (TPSA) is 68.1 Å². The van der Waals surface area contributed by atoms with E-state index in [0.29, 0.717) is 5.39 Å². The van der Waals surface area contributed by atoms with Crippen molar-refractivity contribution in [2.45, 2.75) is 6.18 Å². The molecule has 0 aliphatic rings. The molecule has 128 valence electrons. The second-order valence-corrected chi connectivity index (χ2v) is 5.63. The molecule has 3 N–H and O–H groups in total. The van der Waals surface area contributed by atoms with Crippen molar-refractivity contribution >= 4 is 28.2 Å². The zero-order valence-electron chi connectivity index (χ0n) is 12.6. The van der Waals surface area contributed by atoms with Gasteiger partial charge in [0.1, 0.15) is 5.75 Å². The first kappa shape index (κ1) is 17.0. The maximum atomic E-state index is 13.2. The predicted molar refractivity (Wildman–Crippen MR) is 92.4 cm³/mol. The number of thiocarbonyl (C=S) groups is 1. The monoisotopic (exact) mass is 364 g/mol. The number of halogens is 3. The van der Waals surface area contributed by atoms with Crippen molar-refractivity contribution in [1.82, 2.24) is 4.98 Å². The summed E-state index contributed by atoms with van der Waals surface area (Å²) in [4.78, 5) is 14.8. The molecule has 25 heavy (non-hydrogen) atoms. The summed E-state index contributed by atoms with van der Waals surface area (Å²) in [6.45, 7) is 0. The largest absolute Gasteiger partial charge is 0.432 e. The van der Waals surface area contributed by atoms with Gasteiger partial charge in [-0.1, -0.05) is 24.3 Å². The number of pyridine rings is 1. The van der Waals surface area contributed by atoms with Crippen LogP contribution in [0.25, 0.3) is 22.0 Å². The summed E-state index contributed by atoms with van der Waals surface area (Å²) in [7, 11) is 0. The van der Waals surface area contributed by atoms with Gasteiger partial charge in [-0.3, -0.25) is 4.79 Å². The summed E-state index contributed by atoms with van der Waals surface area (Å²) in [6.07, 6.45) is -4.53. The number of nitrogens with one attached hydrogen (secondary N) is 1. The molecule has 0 saturated heterocycles. The van der Waals surface area contributed by atoms with Crippen LogP contribution >= 0.6 is 12.2 Å². The fourth-order valence-electron chi connectivity index (χ4n) is 2.53. The van der Waals surface area contributed by atoms with E-state index >= 15 is 0 Å². The number of hydrogen-bond donors (Lipinski definition) is 2. The number of benzene rings is 2. The maximum Gasteiger partial charge on any atom is 0.417 e. The highest BCUT2D eigenvalue weighted by atomic mass is 32.1. The van der Waals surface area contributed by atoms with Crippen LogP contribution in [0.5, 0.6) is 5.75 Å². The zero-order chi connectivity index (χ0) is 18.2. The lowest BCUT2D eigenvalue weighted by Crippen LogP contribution is -2.16. The van der Waals surface area contributed by atoms with Crippen molar-refractivity contribution < 1.29 is 17.9 Å². The lowest BCUT2D eigenvalue weighted by molar-refractivity contribution is -0.137. The highest BCUT2D eigenvalue weighted by molar-refractivity contribution is 7.80. The van der Waals surface area contributed by atoms with Crippen molar-refractivity contribution in [3.05, 3.63) is 64.4 Å². The Morgan fingerprint density at radius 2 is 1.84 bits per heavy atom. The van der Waals surface area contributed by atoms with E-state index in [0.717, 1.165) is 6.07 Å². The number of fused-ring (bicyclic) bond motifs is 1. The molecular weight excluding hydrogens is 353 g/mol. The fourth-order valence-corrected chi connectivity index (χ4v) is 2.63. The third-order valence-electron chi connectivity index (χ3n) is 3.56. The second kappa shape index (κ2) is 6.21. The Bertz CT molecular complexity index is 1030. The molecule has 4 nitrogen and oxygen atoms in total. The summed E-state index contributed by atoms with van der Waals surface area (Å²) >= 11 is 4.63. The first-order valence-corrected chi connectivity index (χ1v) is 7.47. The lowest BCUT2D eigenvalue weighted by atomic mass is 10.0. The summed E-state index contributed by atoms with van der Waals surface area (Å²) < 4.78 is 44.6. The predicted octanol–water partition coefficient (Wildman–Crippen LogP) is 3.84. The quantitative estimate of drug-likeness (QED) is 0.678. The Balaban J connectivity index is 2.18. The highest BCUT2D eigenvalue weighted by Gasteiger charge is 2.33. The molecule has 1 heterocycles. The minimum absolute atomic E-state index is 0.0773. The van der Waals surface area contributed by atoms with Crippen molar-refractivity contribution in [1.29, 1.82) is 0 Å². The minimum atomic E-state index is -4.53. The van der Waals surface area contributed by atoms with Crippen LogP contribution in [0.2, 0.25) is 0 Å². The number of hydrogen-bond acceptors (Lipinski definition) is 3. The van der Waals surface area contributed by atoms with E-state index < -0.39 is 17.3 Å². The first-order chi connectivity index (χ1) is 11.8. The average Bonchev–Trinajstić information content (AvgIpc) is 2.54. The average molecular weight is 364 g/mol. The van der Waals surface area contributed by atoms with Crippen molar-refractivity contribution in [3.8, 4) is 17.0 Å². The molecule has 0 aliphatic heterocycles. The van der Waals surface area contributed by atoms with Crippen LogP contribution < -0.4 is 16.0 Å². The Morgan fingerprint density at radius 1 is 1.12 bits per heavy atom. The van der Waals surface area contributed by atoms with Crippen molar-refractivity contribution in [2.24, 2.45) is 5.73 Å². The summed E-state index contributed by atoms with van der Waals surface area (Å²) in [5, 5.41) is 0.513. The van der Waals surface area contributed by atoms with E-state index in [1.54, 1.807) is 6.07 Å². The first-order valence-electron chi connectivity index (χ1n) is 7.06. The van der Waals surface area contributed by atoms with Gasteiger partial charge >= 0.3 is 6.18 Å². The van der Waals surface area contributed by atoms with E-state index in [9.17, 15) is 18.0 Å². The molecular formula is C17H11F3N2O2S.